The van der Waals surface area contributed by atoms with Gasteiger partial charge < -0.3 is 19.6 Å². The highest BCUT2D eigenvalue weighted by Gasteiger charge is 2.10. The molecule has 1 N–H and O–H groups in total. The summed E-state index contributed by atoms with van der Waals surface area (Å²) in [6.45, 7) is 5.92. The molecule has 0 atom stereocenters. The predicted octanol–water partition coefficient (Wildman–Crippen LogP) is 6.88. The van der Waals surface area contributed by atoms with E-state index in [2.05, 4.69) is 55.1 Å². The summed E-state index contributed by atoms with van der Waals surface area (Å²) in [4.78, 5) is 19.2. The van der Waals surface area contributed by atoms with Gasteiger partial charge in [-0.05, 0) is 79.5 Å². The molecular weight excluding hydrogens is 498 g/mol. The van der Waals surface area contributed by atoms with Crippen LogP contribution in [0, 0.1) is 0 Å². The number of carbonyl (C=O) groups excluding carboxylic acids is 1. The number of phenolic OH excluding ortho intramolecular Hbond substituents is 1. The van der Waals surface area contributed by atoms with Gasteiger partial charge in [0.05, 0.1) is 12.2 Å². The van der Waals surface area contributed by atoms with Gasteiger partial charge in [-0.1, -0.05) is 50.1 Å². The van der Waals surface area contributed by atoms with E-state index >= 15 is 0 Å². The molecule has 3 rings (SSSR count). The minimum Gasteiger partial charge on any atom is -0.507 e. The van der Waals surface area contributed by atoms with E-state index in [1.807, 2.05) is 43.3 Å². The lowest BCUT2D eigenvalue weighted by Gasteiger charge is -2.21. The van der Waals surface area contributed by atoms with Crippen molar-refractivity contribution >= 4 is 23.2 Å². The number of allylic oxidation sites excluding steroid dienone is 1. The van der Waals surface area contributed by atoms with Gasteiger partial charge in [-0.15, -0.1) is 0 Å². The zero-order chi connectivity index (χ0) is 28.9. The van der Waals surface area contributed by atoms with Crippen molar-refractivity contribution in [2.45, 2.75) is 39.2 Å². The fraction of sp³-hybridized carbons (Fsp3) is 0.382. The van der Waals surface area contributed by atoms with Crippen molar-refractivity contribution in [3.8, 4) is 11.5 Å². The summed E-state index contributed by atoms with van der Waals surface area (Å²) in [6, 6.07) is 21.6. The fourth-order valence-electron chi connectivity index (χ4n) is 4.44. The van der Waals surface area contributed by atoms with Crippen LogP contribution < -0.4 is 14.5 Å². The molecule has 40 heavy (non-hydrogen) atoms. The number of hydrogen-bond acceptors (Lipinski definition) is 6. The number of unbranched alkanes of at least 4 members (excludes halogenated alkanes) is 3. The zero-order valence-electron chi connectivity index (χ0n) is 24.8. The first-order valence-electron chi connectivity index (χ1n) is 14.2. The molecule has 0 aliphatic carbocycles. The van der Waals surface area contributed by atoms with Crippen LogP contribution in [0.3, 0.4) is 0 Å². The first-order chi connectivity index (χ1) is 19.3. The molecule has 3 aromatic rings. The average Bonchev–Trinajstić information content (AvgIpc) is 2.95. The van der Waals surface area contributed by atoms with E-state index in [0.29, 0.717) is 12.4 Å². The van der Waals surface area contributed by atoms with Crippen molar-refractivity contribution in [1.29, 1.82) is 0 Å². The third-order valence-corrected chi connectivity index (χ3v) is 7.01. The third-order valence-electron chi connectivity index (χ3n) is 7.01. The monoisotopic (exact) mass is 543 g/mol. The number of phenols is 1. The standard InChI is InChI=1S/C34H45N3O3/c1-6-37(26-28-13-18-30(19-14-28)36(4)5)23-9-7-8-10-24-40-31-20-21-32(34(39)25-31)33(38)22-15-27-11-16-29(17-12-27)35(2)3/h11-22,25,39H,6-10,23-24,26H2,1-5H3/b22-15+. The number of ketones is 1. The Bertz CT molecular complexity index is 1220. The largest absolute Gasteiger partial charge is 0.507 e. The van der Waals surface area contributed by atoms with E-state index < -0.39 is 0 Å². The van der Waals surface area contributed by atoms with Crippen molar-refractivity contribution in [1.82, 2.24) is 4.90 Å². The van der Waals surface area contributed by atoms with Crippen LogP contribution in [0.25, 0.3) is 6.08 Å². The Labute approximate surface area is 240 Å². The molecular formula is C34H45N3O3. The van der Waals surface area contributed by atoms with Gasteiger partial charge >= 0.3 is 0 Å². The van der Waals surface area contributed by atoms with Crippen molar-refractivity contribution in [2.24, 2.45) is 0 Å². The molecule has 0 bridgehead atoms. The van der Waals surface area contributed by atoms with E-state index in [4.69, 9.17) is 4.74 Å². The molecule has 0 unspecified atom stereocenters. The van der Waals surface area contributed by atoms with Gasteiger partial charge in [0.1, 0.15) is 11.5 Å². The molecule has 0 radical (unpaired) electrons. The van der Waals surface area contributed by atoms with Crippen LogP contribution in [0.5, 0.6) is 11.5 Å². The molecule has 0 heterocycles. The Morgan fingerprint density at radius 1 is 0.825 bits per heavy atom. The van der Waals surface area contributed by atoms with E-state index in [1.165, 1.54) is 23.4 Å². The molecule has 0 spiro atoms. The van der Waals surface area contributed by atoms with Crippen LogP contribution in [0.1, 0.15) is 54.1 Å². The highest BCUT2D eigenvalue weighted by molar-refractivity contribution is 6.08. The second kappa shape index (κ2) is 15.7. The van der Waals surface area contributed by atoms with Gasteiger partial charge in [0.25, 0.3) is 0 Å². The number of carbonyl (C=O) groups is 1. The normalized spacial score (nSPS) is 11.2. The summed E-state index contributed by atoms with van der Waals surface area (Å²) < 4.78 is 5.83. The fourth-order valence-corrected chi connectivity index (χ4v) is 4.44. The smallest absolute Gasteiger partial charge is 0.189 e. The molecule has 6 heteroatoms. The summed E-state index contributed by atoms with van der Waals surface area (Å²) in [5, 5.41) is 10.4. The first kappa shape index (κ1) is 30.8. The van der Waals surface area contributed by atoms with E-state index in [-0.39, 0.29) is 17.1 Å². The van der Waals surface area contributed by atoms with Crippen molar-refractivity contribution < 1.29 is 14.6 Å². The first-order valence-corrected chi connectivity index (χ1v) is 14.2. The van der Waals surface area contributed by atoms with E-state index in [9.17, 15) is 9.90 Å². The average molecular weight is 544 g/mol. The minimum absolute atomic E-state index is 0.0638. The van der Waals surface area contributed by atoms with Crippen molar-refractivity contribution in [2.75, 3.05) is 57.7 Å². The number of anilines is 2. The lowest BCUT2D eigenvalue weighted by molar-refractivity contribution is 0.104. The maximum atomic E-state index is 12.6. The van der Waals surface area contributed by atoms with Crippen molar-refractivity contribution in [3.05, 3.63) is 89.5 Å². The highest BCUT2D eigenvalue weighted by Crippen LogP contribution is 2.25. The molecule has 0 aliphatic heterocycles. The number of ether oxygens (including phenoxy) is 1. The topological polar surface area (TPSA) is 56.3 Å². The Hall–Kier alpha value is -3.77. The highest BCUT2D eigenvalue weighted by atomic mass is 16.5. The molecule has 0 amide bonds. The van der Waals surface area contributed by atoms with Gasteiger partial charge in [-0.3, -0.25) is 9.69 Å². The quantitative estimate of drug-likeness (QED) is 0.121. The zero-order valence-corrected chi connectivity index (χ0v) is 24.8. The Kier molecular flexibility index (Phi) is 12.1. The SMILES string of the molecule is CCN(CCCCCCOc1ccc(C(=O)/C=C/c2ccc(N(C)C)cc2)c(O)c1)Cc1ccc(N(C)C)cc1. The second-order valence-corrected chi connectivity index (χ2v) is 10.6. The lowest BCUT2D eigenvalue weighted by Crippen LogP contribution is -2.24. The third kappa shape index (κ3) is 9.76. The molecule has 0 fully saturated rings. The number of hydrogen-bond donors (Lipinski definition) is 1. The molecule has 0 saturated heterocycles. The summed E-state index contributed by atoms with van der Waals surface area (Å²) in [5.74, 6) is 0.272. The summed E-state index contributed by atoms with van der Waals surface area (Å²) in [5.41, 5.74) is 4.86. The van der Waals surface area contributed by atoms with Crippen LogP contribution in [0.2, 0.25) is 0 Å². The van der Waals surface area contributed by atoms with Gasteiger partial charge in [-0.25, -0.2) is 0 Å². The summed E-state index contributed by atoms with van der Waals surface area (Å²) >= 11 is 0. The van der Waals surface area contributed by atoms with Crippen LogP contribution in [0.4, 0.5) is 11.4 Å². The minimum atomic E-state index is -0.243. The van der Waals surface area contributed by atoms with Gasteiger partial charge in [0.15, 0.2) is 5.78 Å². The van der Waals surface area contributed by atoms with Gasteiger partial charge in [0, 0.05) is 52.2 Å². The maximum Gasteiger partial charge on any atom is 0.189 e. The molecule has 3 aromatic carbocycles. The Morgan fingerprint density at radius 3 is 2.05 bits per heavy atom. The van der Waals surface area contributed by atoms with Crippen LogP contribution in [-0.2, 0) is 6.54 Å². The van der Waals surface area contributed by atoms with Gasteiger partial charge in [0.2, 0.25) is 0 Å². The number of aromatic hydroxyl groups is 1. The molecule has 6 nitrogen and oxygen atoms in total. The van der Waals surface area contributed by atoms with Crippen LogP contribution in [-0.4, -0.2) is 63.7 Å². The van der Waals surface area contributed by atoms with Crippen LogP contribution >= 0.6 is 0 Å². The molecule has 0 aliphatic rings. The summed E-state index contributed by atoms with van der Waals surface area (Å²) in [6.07, 6.45) is 7.61. The molecule has 0 aromatic heterocycles. The van der Waals surface area contributed by atoms with E-state index in [1.54, 1.807) is 18.2 Å². The van der Waals surface area contributed by atoms with E-state index in [0.717, 1.165) is 56.6 Å². The number of benzene rings is 3. The van der Waals surface area contributed by atoms with Crippen molar-refractivity contribution in [3.63, 3.8) is 0 Å². The molecule has 0 saturated carbocycles. The number of nitrogens with zero attached hydrogens (tertiary/aromatic N) is 3. The number of rotatable bonds is 16. The second-order valence-electron chi connectivity index (χ2n) is 10.6. The van der Waals surface area contributed by atoms with Gasteiger partial charge in [-0.2, -0.15) is 0 Å². The van der Waals surface area contributed by atoms with Crippen LogP contribution in [0.15, 0.2) is 72.8 Å². The summed E-state index contributed by atoms with van der Waals surface area (Å²) in [7, 11) is 8.10. The predicted molar refractivity (Wildman–Crippen MR) is 168 cm³/mol. The Balaban J connectivity index is 1.35. The molecule has 214 valence electrons. The Morgan fingerprint density at radius 2 is 1.45 bits per heavy atom. The lowest BCUT2D eigenvalue weighted by atomic mass is 10.1. The maximum absolute atomic E-state index is 12.6.